The van der Waals surface area contributed by atoms with Crippen LogP contribution in [0.2, 0.25) is 0 Å². The Bertz CT molecular complexity index is 751. The Morgan fingerprint density at radius 3 is 2.50 bits per heavy atom. The number of furan rings is 1. The summed E-state index contributed by atoms with van der Waals surface area (Å²) in [5, 5.41) is 2.89. The summed E-state index contributed by atoms with van der Waals surface area (Å²) in [6, 6.07) is 2.44. The summed E-state index contributed by atoms with van der Waals surface area (Å²) in [6.45, 7) is 0.274. The largest absolute Gasteiger partial charge is 0.459 e. The van der Waals surface area contributed by atoms with Gasteiger partial charge in [0.25, 0.3) is 5.91 Å². The van der Waals surface area contributed by atoms with E-state index >= 15 is 0 Å². The van der Waals surface area contributed by atoms with Crippen molar-refractivity contribution in [2.24, 2.45) is 0 Å². The van der Waals surface area contributed by atoms with E-state index in [9.17, 15) is 22.8 Å². The van der Waals surface area contributed by atoms with Crippen molar-refractivity contribution in [3.8, 4) is 0 Å². The maximum Gasteiger partial charge on any atom is 0.321 e. The molecular weight excluding hydrogens is 340 g/mol. The van der Waals surface area contributed by atoms with Crippen LogP contribution in [0.25, 0.3) is 0 Å². The molecule has 1 atom stereocenters. The lowest BCUT2D eigenvalue weighted by molar-refractivity contribution is -0.120. The Hall–Kier alpha value is -2.40. The Kier molecular flexibility index (Phi) is 4.28. The topological polar surface area (TPSA) is 129 Å². The van der Waals surface area contributed by atoms with Crippen LogP contribution >= 0.6 is 0 Å². The number of nitrogens with one attached hydrogen (secondary N) is 2. The van der Waals surface area contributed by atoms with Crippen LogP contribution in [-0.2, 0) is 14.8 Å². The molecule has 24 heavy (non-hydrogen) atoms. The molecule has 0 saturated carbocycles. The number of nitrogens with zero attached hydrogens (tertiary/aromatic N) is 2. The third kappa shape index (κ3) is 2.99. The molecule has 2 N–H and O–H groups in total. The van der Waals surface area contributed by atoms with Crippen LogP contribution in [-0.4, -0.2) is 73.4 Å². The quantitative estimate of drug-likeness (QED) is 0.683. The lowest BCUT2D eigenvalue weighted by Crippen LogP contribution is -2.62. The van der Waals surface area contributed by atoms with Crippen LogP contribution in [0.1, 0.15) is 10.6 Å². The van der Waals surface area contributed by atoms with Crippen LogP contribution in [0.3, 0.4) is 0 Å². The molecule has 2 saturated heterocycles. The van der Waals surface area contributed by atoms with E-state index in [1.165, 1.54) is 15.5 Å². The Balaban J connectivity index is 1.64. The number of imide groups is 1. The van der Waals surface area contributed by atoms with Crippen molar-refractivity contribution in [3.05, 3.63) is 24.2 Å². The fourth-order valence-electron chi connectivity index (χ4n) is 2.64. The van der Waals surface area contributed by atoms with E-state index in [1.54, 1.807) is 12.1 Å². The highest BCUT2D eigenvalue weighted by Crippen LogP contribution is 2.16. The van der Waals surface area contributed by atoms with Gasteiger partial charge in [-0.2, -0.15) is 4.31 Å². The van der Waals surface area contributed by atoms with Crippen molar-refractivity contribution < 1.29 is 27.2 Å². The summed E-state index contributed by atoms with van der Waals surface area (Å²) in [5.74, 6) is -0.951. The molecular formula is C13H16N4O6S. The monoisotopic (exact) mass is 356 g/mol. The van der Waals surface area contributed by atoms with Crippen molar-refractivity contribution >= 4 is 27.9 Å². The third-order valence-electron chi connectivity index (χ3n) is 3.95. The van der Waals surface area contributed by atoms with Crippen molar-refractivity contribution in [2.75, 3.05) is 32.7 Å². The fourth-order valence-corrected chi connectivity index (χ4v) is 4.29. The van der Waals surface area contributed by atoms with Gasteiger partial charge in [0.2, 0.25) is 15.9 Å². The normalized spacial score (nSPS) is 22.8. The first kappa shape index (κ1) is 16.5. The summed E-state index contributed by atoms with van der Waals surface area (Å²) < 4.78 is 31.3. The predicted octanol–water partition coefficient (Wildman–Crippen LogP) is -1.42. The van der Waals surface area contributed by atoms with Crippen LogP contribution < -0.4 is 10.6 Å². The zero-order valence-electron chi connectivity index (χ0n) is 12.6. The summed E-state index contributed by atoms with van der Waals surface area (Å²) in [4.78, 5) is 36.5. The molecule has 1 aromatic rings. The molecule has 2 aliphatic heterocycles. The molecule has 1 aromatic heterocycles. The van der Waals surface area contributed by atoms with Crippen LogP contribution in [0.15, 0.2) is 22.8 Å². The minimum atomic E-state index is -3.92. The molecule has 3 heterocycles. The van der Waals surface area contributed by atoms with Gasteiger partial charge in [-0.05, 0) is 12.1 Å². The zero-order valence-corrected chi connectivity index (χ0v) is 13.4. The molecule has 2 aliphatic rings. The van der Waals surface area contributed by atoms with Gasteiger partial charge in [-0.25, -0.2) is 13.2 Å². The van der Waals surface area contributed by atoms with Crippen molar-refractivity contribution in [2.45, 2.75) is 5.25 Å². The lowest BCUT2D eigenvalue weighted by Gasteiger charge is -2.35. The molecule has 130 valence electrons. The minimum absolute atomic E-state index is 0.0759. The smallest absolute Gasteiger partial charge is 0.321 e. The molecule has 0 bridgehead atoms. The highest BCUT2D eigenvalue weighted by atomic mass is 32.2. The number of carbonyl (C=O) groups excluding carboxylic acids is 3. The average molecular weight is 356 g/mol. The Morgan fingerprint density at radius 2 is 1.92 bits per heavy atom. The first-order chi connectivity index (χ1) is 11.4. The van der Waals surface area contributed by atoms with E-state index in [0.717, 1.165) is 0 Å². The highest BCUT2D eigenvalue weighted by molar-refractivity contribution is 7.90. The molecule has 4 amide bonds. The van der Waals surface area contributed by atoms with Gasteiger partial charge in [0.1, 0.15) is 0 Å². The number of piperazine rings is 1. The van der Waals surface area contributed by atoms with Crippen molar-refractivity contribution in [1.29, 1.82) is 0 Å². The predicted molar refractivity (Wildman–Crippen MR) is 80.4 cm³/mol. The number of hydrogen-bond donors (Lipinski definition) is 2. The van der Waals surface area contributed by atoms with Crippen molar-refractivity contribution in [1.82, 2.24) is 19.8 Å². The van der Waals surface area contributed by atoms with E-state index in [2.05, 4.69) is 5.32 Å². The molecule has 3 rings (SSSR count). The Morgan fingerprint density at radius 1 is 1.21 bits per heavy atom. The SMILES string of the molecule is O=C1NCC(S(=O)(=O)N2CCN(C(=O)c3ccco3)CC2)C(=O)N1. The van der Waals surface area contributed by atoms with E-state index < -0.39 is 27.2 Å². The summed E-state index contributed by atoms with van der Waals surface area (Å²) in [6.07, 6.45) is 1.39. The second-order valence-corrected chi connectivity index (χ2v) is 7.52. The number of carbonyl (C=O) groups is 3. The molecule has 0 radical (unpaired) electrons. The first-order valence-corrected chi connectivity index (χ1v) is 8.80. The number of urea groups is 1. The number of sulfonamides is 1. The van der Waals surface area contributed by atoms with Gasteiger partial charge in [-0.1, -0.05) is 0 Å². The van der Waals surface area contributed by atoms with Gasteiger partial charge in [0.15, 0.2) is 11.0 Å². The van der Waals surface area contributed by atoms with Gasteiger partial charge in [0.05, 0.1) is 6.26 Å². The van der Waals surface area contributed by atoms with E-state index in [4.69, 9.17) is 4.42 Å². The molecule has 0 spiro atoms. The first-order valence-electron chi connectivity index (χ1n) is 7.30. The summed E-state index contributed by atoms with van der Waals surface area (Å²) in [5.41, 5.74) is 0. The van der Waals surface area contributed by atoms with E-state index in [1.807, 2.05) is 5.32 Å². The lowest BCUT2D eigenvalue weighted by atomic mass is 10.3. The number of rotatable bonds is 3. The molecule has 11 heteroatoms. The van der Waals surface area contributed by atoms with Crippen LogP contribution in [0.4, 0.5) is 4.79 Å². The second kappa shape index (κ2) is 6.24. The molecule has 0 aromatic carbocycles. The maximum absolute atomic E-state index is 12.6. The Labute approximate surface area is 137 Å². The summed E-state index contributed by atoms with van der Waals surface area (Å²) in [7, 11) is -3.92. The maximum atomic E-state index is 12.6. The highest BCUT2D eigenvalue weighted by Gasteiger charge is 2.42. The standard InChI is InChI=1S/C13H16N4O6S/c18-11-10(8-14-13(20)15-11)24(21,22)17-5-3-16(4-6-17)12(19)9-2-1-7-23-9/h1-2,7,10H,3-6,8H2,(H2,14,15,18,20). The van der Waals surface area contributed by atoms with Gasteiger partial charge in [0, 0.05) is 32.7 Å². The zero-order chi connectivity index (χ0) is 17.3. The fraction of sp³-hybridized carbons (Fsp3) is 0.462. The minimum Gasteiger partial charge on any atom is -0.459 e. The second-order valence-electron chi connectivity index (χ2n) is 5.40. The molecule has 10 nitrogen and oxygen atoms in total. The van der Waals surface area contributed by atoms with Gasteiger partial charge in [-0.15, -0.1) is 0 Å². The van der Waals surface area contributed by atoms with Crippen molar-refractivity contribution in [3.63, 3.8) is 0 Å². The molecule has 2 fully saturated rings. The van der Waals surface area contributed by atoms with Gasteiger partial charge >= 0.3 is 6.03 Å². The summed E-state index contributed by atoms with van der Waals surface area (Å²) >= 11 is 0. The van der Waals surface area contributed by atoms with Crippen LogP contribution in [0, 0.1) is 0 Å². The van der Waals surface area contributed by atoms with Crippen LogP contribution in [0.5, 0.6) is 0 Å². The third-order valence-corrected chi connectivity index (χ3v) is 6.14. The average Bonchev–Trinajstić information content (AvgIpc) is 3.08. The van der Waals surface area contributed by atoms with Gasteiger partial charge < -0.3 is 14.6 Å². The number of hydrogen-bond acceptors (Lipinski definition) is 6. The molecule has 0 aliphatic carbocycles. The van der Waals surface area contributed by atoms with E-state index in [0.29, 0.717) is 0 Å². The van der Waals surface area contributed by atoms with E-state index in [-0.39, 0.29) is 44.4 Å². The number of amides is 4. The van der Waals surface area contributed by atoms with Gasteiger partial charge in [-0.3, -0.25) is 14.9 Å². The molecule has 1 unspecified atom stereocenters.